The molecule has 0 aromatic heterocycles. The Labute approximate surface area is 218 Å². The maximum absolute atomic E-state index is 13.6. The molecule has 1 saturated carbocycles. The number of piperidine rings is 3. The minimum absolute atomic E-state index is 0.187. The lowest BCUT2D eigenvalue weighted by Crippen LogP contribution is -2.57. The van der Waals surface area contributed by atoms with Gasteiger partial charge in [-0.05, 0) is 29.8 Å². The van der Waals surface area contributed by atoms with Gasteiger partial charge in [0.05, 0.1) is 24.6 Å². The smallest absolute Gasteiger partial charge is 0.416 e. The number of alkyl halides is 3. The van der Waals surface area contributed by atoms with Crippen molar-refractivity contribution in [3.8, 4) is 0 Å². The average molecular weight is 522 g/mol. The lowest BCUT2D eigenvalue weighted by Gasteiger charge is -2.41. The van der Waals surface area contributed by atoms with Crippen molar-refractivity contribution in [2.75, 3.05) is 31.5 Å². The number of esters is 1. The molecule has 1 aliphatic carbocycles. The molecule has 3 saturated heterocycles. The highest BCUT2D eigenvalue weighted by Gasteiger charge is 2.81. The number of para-hydroxylation sites is 1. The number of nitrogens with zero attached hydrogens (tertiary/aromatic N) is 1. The van der Waals surface area contributed by atoms with Gasteiger partial charge in [-0.3, -0.25) is 4.79 Å². The predicted octanol–water partition coefficient (Wildman–Crippen LogP) is 5.50. The Kier molecular flexibility index (Phi) is 5.83. The lowest BCUT2D eigenvalue weighted by atomic mass is 10.0. The summed E-state index contributed by atoms with van der Waals surface area (Å²) < 4.78 is 45.6. The van der Waals surface area contributed by atoms with Crippen molar-refractivity contribution in [2.24, 2.45) is 11.8 Å². The zero-order valence-corrected chi connectivity index (χ0v) is 20.7. The molecule has 38 heavy (non-hydrogen) atoms. The third kappa shape index (κ3) is 4.36. The van der Waals surface area contributed by atoms with Crippen LogP contribution in [0.3, 0.4) is 0 Å². The first-order valence-electron chi connectivity index (χ1n) is 12.8. The number of carbonyl (C=O) groups excluding carboxylic acids is 2. The van der Waals surface area contributed by atoms with Crippen LogP contribution in [0.2, 0.25) is 0 Å². The zero-order valence-electron chi connectivity index (χ0n) is 20.7. The van der Waals surface area contributed by atoms with Crippen LogP contribution in [0.15, 0.2) is 84.9 Å². The molecule has 196 valence electrons. The van der Waals surface area contributed by atoms with Gasteiger partial charge in [0.1, 0.15) is 13.1 Å². The largest absolute Gasteiger partial charge is 0.450 e. The van der Waals surface area contributed by atoms with E-state index in [9.17, 15) is 22.8 Å². The highest BCUT2D eigenvalue weighted by Crippen LogP contribution is 2.65. The number of halogens is 3. The Bertz CT molecular complexity index is 1350. The second-order valence-corrected chi connectivity index (χ2v) is 10.8. The lowest BCUT2D eigenvalue weighted by molar-refractivity contribution is -0.922. The summed E-state index contributed by atoms with van der Waals surface area (Å²) in [6, 6.07) is 22.7. The minimum atomic E-state index is -4.44. The highest BCUT2D eigenvalue weighted by atomic mass is 19.4. The summed E-state index contributed by atoms with van der Waals surface area (Å²) in [6.45, 7) is 2.30. The molecule has 5 atom stereocenters. The summed E-state index contributed by atoms with van der Waals surface area (Å²) in [6.07, 6.45) is -3.58. The fraction of sp³-hybridized carbons (Fsp3) is 0.333. The molecule has 4 bridgehead atoms. The van der Waals surface area contributed by atoms with Gasteiger partial charge in [0, 0.05) is 23.6 Å². The van der Waals surface area contributed by atoms with Gasteiger partial charge in [0.15, 0.2) is 11.6 Å². The number of hydrogen-bond acceptors (Lipinski definition) is 4. The van der Waals surface area contributed by atoms with Crippen LogP contribution >= 0.6 is 0 Å². The highest BCUT2D eigenvalue weighted by molar-refractivity contribution is 5.97. The SMILES string of the molecule is O=C(C[N+]12CCC3C(C1)[C@@]3(OC(=O)[C@H](Nc1ccccc1)c1ccccc1)C2)c1ccc(C(F)(F)F)cc1. The van der Waals surface area contributed by atoms with Gasteiger partial charge in [-0.1, -0.05) is 60.7 Å². The number of anilines is 1. The molecule has 8 heteroatoms. The number of benzene rings is 3. The monoisotopic (exact) mass is 521 g/mol. The Morgan fingerprint density at radius 2 is 1.61 bits per heavy atom. The first-order chi connectivity index (χ1) is 18.2. The number of nitrogens with one attached hydrogen (secondary N) is 1. The Hall–Kier alpha value is -3.65. The number of quaternary nitrogens is 1. The number of hydrogen-bond donors (Lipinski definition) is 1. The molecule has 3 aromatic rings. The normalized spacial score (nSPS) is 27.9. The van der Waals surface area contributed by atoms with Crippen LogP contribution in [0.1, 0.15) is 33.9 Å². The average Bonchev–Trinajstić information content (AvgIpc) is 3.41. The van der Waals surface area contributed by atoms with Crippen LogP contribution in [0.5, 0.6) is 0 Å². The molecule has 3 aromatic carbocycles. The van der Waals surface area contributed by atoms with Crippen molar-refractivity contribution in [3.05, 3.63) is 102 Å². The van der Waals surface area contributed by atoms with Crippen LogP contribution in [-0.4, -0.2) is 48.0 Å². The number of ketones is 1. The first kappa shape index (κ1) is 24.7. The number of fused-ring (bicyclic) bond motifs is 1. The topological polar surface area (TPSA) is 55.4 Å². The number of carbonyl (C=O) groups is 2. The Morgan fingerprint density at radius 1 is 0.947 bits per heavy atom. The van der Waals surface area contributed by atoms with Gasteiger partial charge >= 0.3 is 12.1 Å². The Balaban J connectivity index is 1.17. The summed E-state index contributed by atoms with van der Waals surface area (Å²) in [5.41, 5.74) is 0.536. The van der Waals surface area contributed by atoms with Crippen LogP contribution in [-0.2, 0) is 15.7 Å². The first-order valence-corrected chi connectivity index (χ1v) is 12.8. The van der Waals surface area contributed by atoms with E-state index in [1.54, 1.807) is 0 Å². The second kappa shape index (κ2) is 8.98. The molecule has 0 radical (unpaired) electrons. The fourth-order valence-corrected chi connectivity index (χ4v) is 6.62. The molecule has 3 unspecified atom stereocenters. The molecular formula is C30H28F3N2O3+. The van der Waals surface area contributed by atoms with E-state index in [0.29, 0.717) is 16.9 Å². The van der Waals surface area contributed by atoms with Gasteiger partial charge in [0.25, 0.3) is 0 Å². The number of Topliss-reactive ketones (excluding diaryl/α,β-unsaturated/α-hetero) is 1. The van der Waals surface area contributed by atoms with Crippen LogP contribution in [0, 0.1) is 11.8 Å². The molecule has 0 spiro atoms. The summed E-state index contributed by atoms with van der Waals surface area (Å²) >= 11 is 0. The summed E-state index contributed by atoms with van der Waals surface area (Å²) in [5, 5.41) is 3.31. The molecular weight excluding hydrogens is 493 g/mol. The molecule has 7 rings (SSSR count). The third-order valence-corrected chi connectivity index (χ3v) is 8.47. The van der Waals surface area contributed by atoms with E-state index >= 15 is 0 Å². The van der Waals surface area contributed by atoms with Crippen molar-refractivity contribution >= 4 is 17.4 Å². The van der Waals surface area contributed by atoms with E-state index < -0.39 is 23.4 Å². The Morgan fingerprint density at radius 3 is 2.26 bits per heavy atom. The summed E-state index contributed by atoms with van der Waals surface area (Å²) in [4.78, 5) is 26.7. The van der Waals surface area contributed by atoms with Crippen molar-refractivity contribution in [1.82, 2.24) is 0 Å². The second-order valence-electron chi connectivity index (χ2n) is 10.8. The number of ether oxygens (including phenoxy) is 1. The van der Waals surface area contributed by atoms with Crippen LogP contribution in [0.25, 0.3) is 0 Å². The van der Waals surface area contributed by atoms with Gasteiger partial charge < -0.3 is 14.5 Å². The molecule has 0 amide bonds. The maximum Gasteiger partial charge on any atom is 0.416 e. The van der Waals surface area contributed by atoms with E-state index in [1.165, 1.54) is 12.1 Å². The van der Waals surface area contributed by atoms with Gasteiger partial charge in [-0.2, -0.15) is 13.2 Å². The molecule has 4 fully saturated rings. The molecule has 1 N–H and O–H groups in total. The fourth-order valence-electron chi connectivity index (χ4n) is 6.62. The van der Waals surface area contributed by atoms with Gasteiger partial charge in [-0.25, -0.2) is 4.79 Å². The van der Waals surface area contributed by atoms with Crippen LogP contribution < -0.4 is 5.32 Å². The number of rotatable bonds is 8. The molecule has 3 aliphatic heterocycles. The van der Waals surface area contributed by atoms with Gasteiger partial charge in [-0.15, -0.1) is 0 Å². The van der Waals surface area contributed by atoms with E-state index in [4.69, 9.17) is 4.74 Å². The van der Waals surface area contributed by atoms with E-state index in [0.717, 1.165) is 42.9 Å². The third-order valence-electron chi connectivity index (χ3n) is 8.47. The predicted molar refractivity (Wildman–Crippen MR) is 135 cm³/mol. The van der Waals surface area contributed by atoms with E-state index in [1.807, 2.05) is 60.7 Å². The van der Waals surface area contributed by atoms with Crippen molar-refractivity contribution in [2.45, 2.75) is 24.2 Å². The van der Waals surface area contributed by atoms with Gasteiger partial charge in [0.2, 0.25) is 5.78 Å². The quantitative estimate of drug-likeness (QED) is 0.242. The minimum Gasteiger partial charge on any atom is -0.450 e. The summed E-state index contributed by atoms with van der Waals surface area (Å²) in [7, 11) is 0. The molecule has 4 aliphatic rings. The van der Waals surface area contributed by atoms with Crippen molar-refractivity contribution in [3.63, 3.8) is 0 Å². The van der Waals surface area contributed by atoms with E-state index in [2.05, 4.69) is 5.32 Å². The standard InChI is InChI=1S/C30H28F3N2O3/c31-30(32,33)22-13-11-20(12-14-22)26(36)18-35-16-15-24-25(17-35)29(24,19-35)38-28(37)27(21-7-3-1-4-8-21)34-23-9-5-2-6-10-23/h1-14,24-25,27,34H,15-19H2/q+1/t24?,25?,27-,29-,35?/m1/s1. The molecule has 5 nitrogen and oxygen atoms in total. The van der Waals surface area contributed by atoms with E-state index in [-0.39, 0.29) is 29.8 Å². The summed E-state index contributed by atoms with van der Waals surface area (Å²) in [5.74, 6) is -0.0362. The zero-order chi connectivity index (χ0) is 26.5. The van der Waals surface area contributed by atoms with Crippen molar-refractivity contribution < 1.29 is 32.0 Å². The molecule has 3 heterocycles. The van der Waals surface area contributed by atoms with Crippen LogP contribution in [0.4, 0.5) is 18.9 Å². The maximum atomic E-state index is 13.6. The van der Waals surface area contributed by atoms with Crippen molar-refractivity contribution in [1.29, 1.82) is 0 Å².